The van der Waals surface area contributed by atoms with Crippen molar-refractivity contribution in [2.24, 2.45) is 0 Å². The zero-order valence-electron chi connectivity index (χ0n) is 8.68. The highest BCUT2D eigenvalue weighted by Crippen LogP contribution is 2.16. The van der Waals surface area contributed by atoms with Crippen LogP contribution in [0.5, 0.6) is 0 Å². The molecule has 0 spiro atoms. The maximum atomic E-state index is 11.2. The molecule has 0 saturated carbocycles. The van der Waals surface area contributed by atoms with Crippen LogP contribution < -0.4 is 0 Å². The largest absolute Gasteiger partial charge is 0.465 e. The fraction of sp³-hybridized carbons (Fsp3) is 0.0833. The average Bonchev–Trinajstić information content (AvgIpc) is 2.39. The van der Waals surface area contributed by atoms with Gasteiger partial charge in [0.1, 0.15) is 0 Å². The molecule has 0 N–H and O–H groups in total. The number of rotatable bonds is 2. The molecular weight excluding hydrogens is 204 g/mol. The van der Waals surface area contributed by atoms with Gasteiger partial charge in [-0.3, -0.25) is 0 Å². The molecule has 2 rings (SSSR count). The standard InChI is InChI=1S/C12H9N2O2/c1-16-12(15)10-4-2-9(3-5-10)11-6-7-13-8-14-11/h2-7H,1H3. The van der Waals surface area contributed by atoms with E-state index < -0.39 is 0 Å². The van der Waals surface area contributed by atoms with Gasteiger partial charge in [0.25, 0.3) is 0 Å². The van der Waals surface area contributed by atoms with Gasteiger partial charge in [0.05, 0.1) is 18.4 Å². The van der Waals surface area contributed by atoms with Crippen LogP contribution in [0.1, 0.15) is 10.4 Å². The van der Waals surface area contributed by atoms with Crippen molar-refractivity contribution in [2.45, 2.75) is 0 Å². The second-order valence-electron chi connectivity index (χ2n) is 3.11. The molecule has 1 aromatic heterocycles. The monoisotopic (exact) mass is 213 g/mol. The van der Waals surface area contributed by atoms with E-state index in [1.165, 1.54) is 7.11 Å². The Morgan fingerprint density at radius 2 is 2.00 bits per heavy atom. The molecule has 1 heterocycles. The number of hydrogen-bond acceptors (Lipinski definition) is 4. The van der Waals surface area contributed by atoms with Gasteiger partial charge < -0.3 is 4.74 Å². The van der Waals surface area contributed by atoms with Crippen LogP contribution in [0.25, 0.3) is 11.3 Å². The molecule has 0 atom stereocenters. The molecule has 16 heavy (non-hydrogen) atoms. The molecular formula is C12H9N2O2. The van der Waals surface area contributed by atoms with Crippen molar-refractivity contribution in [3.63, 3.8) is 0 Å². The summed E-state index contributed by atoms with van der Waals surface area (Å²) < 4.78 is 4.61. The van der Waals surface area contributed by atoms with E-state index in [1.54, 1.807) is 24.4 Å². The van der Waals surface area contributed by atoms with Crippen molar-refractivity contribution in [3.8, 4) is 11.3 Å². The Morgan fingerprint density at radius 1 is 1.25 bits per heavy atom. The summed E-state index contributed by atoms with van der Waals surface area (Å²) in [5.74, 6) is -0.346. The van der Waals surface area contributed by atoms with Gasteiger partial charge in [-0.2, -0.15) is 0 Å². The van der Waals surface area contributed by atoms with Gasteiger partial charge in [0, 0.05) is 11.8 Å². The zero-order chi connectivity index (χ0) is 11.4. The van der Waals surface area contributed by atoms with Crippen LogP contribution in [-0.2, 0) is 4.74 Å². The van der Waals surface area contributed by atoms with Crippen LogP contribution in [0.3, 0.4) is 0 Å². The van der Waals surface area contributed by atoms with Crippen LogP contribution in [0.15, 0.2) is 36.5 Å². The molecule has 0 amide bonds. The molecule has 79 valence electrons. The van der Waals surface area contributed by atoms with Crippen LogP contribution in [0.2, 0.25) is 0 Å². The van der Waals surface area contributed by atoms with Crippen LogP contribution in [-0.4, -0.2) is 23.0 Å². The van der Waals surface area contributed by atoms with Gasteiger partial charge in [0.2, 0.25) is 0 Å². The van der Waals surface area contributed by atoms with Crippen molar-refractivity contribution in [1.82, 2.24) is 9.97 Å². The molecule has 0 aliphatic heterocycles. The average molecular weight is 213 g/mol. The summed E-state index contributed by atoms with van der Waals surface area (Å²) >= 11 is 0. The van der Waals surface area contributed by atoms with Gasteiger partial charge >= 0.3 is 5.97 Å². The number of aromatic nitrogens is 2. The molecule has 0 aliphatic carbocycles. The Hall–Kier alpha value is -2.23. The fourth-order valence-corrected chi connectivity index (χ4v) is 1.32. The number of benzene rings is 1. The van der Waals surface area contributed by atoms with Crippen LogP contribution >= 0.6 is 0 Å². The third-order valence-electron chi connectivity index (χ3n) is 2.14. The second kappa shape index (κ2) is 4.53. The fourth-order valence-electron chi connectivity index (χ4n) is 1.32. The molecule has 0 bridgehead atoms. The Bertz CT molecular complexity index is 480. The van der Waals surface area contributed by atoms with Gasteiger partial charge in [-0.05, 0) is 18.2 Å². The van der Waals surface area contributed by atoms with E-state index in [1.807, 2.05) is 12.1 Å². The number of methoxy groups -OCH3 is 1. The third-order valence-corrected chi connectivity index (χ3v) is 2.14. The minimum atomic E-state index is -0.346. The lowest BCUT2D eigenvalue weighted by Crippen LogP contribution is -2.00. The summed E-state index contributed by atoms with van der Waals surface area (Å²) in [4.78, 5) is 18.9. The Kier molecular flexibility index (Phi) is 2.91. The predicted molar refractivity (Wildman–Crippen MR) is 57.6 cm³/mol. The summed E-state index contributed by atoms with van der Waals surface area (Å²) in [7, 11) is 1.36. The van der Waals surface area contributed by atoms with Crippen molar-refractivity contribution in [3.05, 3.63) is 48.4 Å². The van der Waals surface area contributed by atoms with Crippen LogP contribution in [0, 0.1) is 6.33 Å². The number of carbonyl (C=O) groups is 1. The zero-order valence-corrected chi connectivity index (χ0v) is 8.68. The Morgan fingerprint density at radius 3 is 2.56 bits per heavy atom. The molecule has 1 aromatic carbocycles. The van der Waals surface area contributed by atoms with E-state index in [4.69, 9.17) is 0 Å². The lowest BCUT2D eigenvalue weighted by molar-refractivity contribution is 0.0601. The summed E-state index contributed by atoms with van der Waals surface area (Å²) in [6.07, 6.45) is 4.14. The molecule has 0 saturated heterocycles. The number of hydrogen-bond donors (Lipinski definition) is 0. The minimum Gasteiger partial charge on any atom is -0.465 e. The number of carbonyl (C=O) groups excluding carboxylic acids is 1. The first-order valence-electron chi connectivity index (χ1n) is 4.69. The van der Waals surface area contributed by atoms with Gasteiger partial charge in [-0.1, -0.05) is 12.1 Å². The van der Waals surface area contributed by atoms with Crippen molar-refractivity contribution in [1.29, 1.82) is 0 Å². The summed E-state index contributed by atoms with van der Waals surface area (Å²) in [6, 6.07) is 8.79. The lowest BCUT2D eigenvalue weighted by Gasteiger charge is -2.01. The Labute approximate surface area is 92.9 Å². The smallest absolute Gasteiger partial charge is 0.337 e. The SMILES string of the molecule is COC(=O)c1ccc(-c2ccn[c]n2)cc1. The van der Waals surface area contributed by atoms with Gasteiger partial charge in [0.15, 0.2) is 6.33 Å². The molecule has 0 fully saturated rings. The molecule has 0 aliphatic rings. The van der Waals surface area contributed by atoms with Gasteiger partial charge in [-0.25, -0.2) is 14.8 Å². The van der Waals surface area contributed by atoms with E-state index in [-0.39, 0.29) is 5.97 Å². The van der Waals surface area contributed by atoms with E-state index in [0.717, 1.165) is 11.3 Å². The number of nitrogens with zero attached hydrogens (tertiary/aromatic N) is 2. The molecule has 0 unspecified atom stereocenters. The lowest BCUT2D eigenvalue weighted by atomic mass is 10.1. The predicted octanol–water partition coefficient (Wildman–Crippen LogP) is 1.73. The maximum absolute atomic E-state index is 11.2. The van der Waals surface area contributed by atoms with E-state index >= 15 is 0 Å². The normalized spacial score (nSPS) is 9.81. The quantitative estimate of drug-likeness (QED) is 0.713. The van der Waals surface area contributed by atoms with E-state index in [2.05, 4.69) is 21.0 Å². The van der Waals surface area contributed by atoms with Crippen LogP contribution in [0.4, 0.5) is 0 Å². The molecule has 2 aromatic rings. The first-order chi connectivity index (χ1) is 7.81. The maximum Gasteiger partial charge on any atom is 0.337 e. The topological polar surface area (TPSA) is 52.1 Å². The highest BCUT2D eigenvalue weighted by molar-refractivity contribution is 5.89. The van der Waals surface area contributed by atoms with E-state index in [0.29, 0.717) is 5.56 Å². The first-order valence-corrected chi connectivity index (χ1v) is 4.69. The second-order valence-corrected chi connectivity index (χ2v) is 3.11. The van der Waals surface area contributed by atoms with Gasteiger partial charge in [-0.15, -0.1) is 0 Å². The highest BCUT2D eigenvalue weighted by atomic mass is 16.5. The first kappa shape index (κ1) is 10.3. The van der Waals surface area contributed by atoms with Crippen molar-refractivity contribution >= 4 is 5.97 Å². The number of ether oxygens (including phenoxy) is 1. The highest BCUT2D eigenvalue weighted by Gasteiger charge is 2.05. The van der Waals surface area contributed by atoms with E-state index in [9.17, 15) is 4.79 Å². The molecule has 4 heteroatoms. The third kappa shape index (κ3) is 2.06. The molecule has 4 nitrogen and oxygen atoms in total. The number of esters is 1. The van der Waals surface area contributed by atoms with Crippen molar-refractivity contribution < 1.29 is 9.53 Å². The summed E-state index contributed by atoms with van der Waals surface area (Å²) in [5.41, 5.74) is 2.20. The minimum absolute atomic E-state index is 0.346. The Balaban J connectivity index is 2.30. The summed E-state index contributed by atoms with van der Waals surface area (Å²) in [6.45, 7) is 0. The summed E-state index contributed by atoms with van der Waals surface area (Å²) in [5, 5.41) is 0. The molecule has 1 radical (unpaired) electrons. The van der Waals surface area contributed by atoms with Crippen molar-refractivity contribution in [2.75, 3.05) is 7.11 Å².